The molecule has 1 heterocycles. The zero-order valence-corrected chi connectivity index (χ0v) is 20.0. The van der Waals surface area contributed by atoms with E-state index in [4.69, 9.17) is 21.1 Å². The highest BCUT2D eigenvalue weighted by Crippen LogP contribution is 2.32. The molecular formula is C25H37ClN2O3. The molecule has 2 aliphatic rings. The van der Waals surface area contributed by atoms with Gasteiger partial charge in [-0.05, 0) is 76.2 Å². The number of methoxy groups -OCH3 is 2. The van der Waals surface area contributed by atoms with Crippen LogP contribution in [0.25, 0.3) is 0 Å². The molecule has 0 saturated carbocycles. The van der Waals surface area contributed by atoms with E-state index in [1.807, 2.05) is 12.1 Å². The molecule has 1 fully saturated rings. The Morgan fingerprint density at radius 1 is 1.26 bits per heavy atom. The Balaban J connectivity index is 1.69. The largest absolute Gasteiger partial charge is 0.495 e. The molecule has 0 bridgehead atoms. The van der Waals surface area contributed by atoms with Crippen LogP contribution in [0.15, 0.2) is 29.8 Å². The van der Waals surface area contributed by atoms with E-state index in [0.29, 0.717) is 23.2 Å². The molecule has 2 atom stereocenters. The summed E-state index contributed by atoms with van der Waals surface area (Å²) in [5, 5.41) is 0.569. The van der Waals surface area contributed by atoms with Crippen molar-refractivity contribution in [1.82, 2.24) is 9.80 Å². The van der Waals surface area contributed by atoms with Crippen LogP contribution in [0.3, 0.4) is 0 Å². The van der Waals surface area contributed by atoms with Gasteiger partial charge in [0.15, 0.2) is 0 Å². The minimum Gasteiger partial charge on any atom is -0.495 e. The quantitative estimate of drug-likeness (QED) is 0.363. The predicted octanol–water partition coefficient (Wildman–Crippen LogP) is 4.72. The van der Waals surface area contributed by atoms with Gasteiger partial charge in [0.2, 0.25) is 5.91 Å². The van der Waals surface area contributed by atoms with E-state index in [9.17, 15) is 4.79 Å². The summed E-state index contributed by atoms with van der Waals surface area (Å²) in [5.41, 5.74) is 2.49. The van der Waals surface area contributed by atoms with Gasteiger partial charge in [-0.3, -0.25) is 9.69 Å². The van der Waals surface area contributed by atoms with Crippen LogP contribution >= 0.6 is 11.6 Å². The minimum atomic E-state index is 0.180. The molecule has 1 aliphatic heterocycles. The number of halogens is 1. The Kier molecular flexibility index (Phi) is 9.24. The average Bonchev–Trinajstić information content (AvgIpc) is 2.73. The molecule has 1 aliphatic carbocycles. The molecule has 1 aromatic carbocycles. The van der Waals surface area contributed by atoms with E-state index in [0.717, 1.165) is 57.5 Å². The number of likely N-dealkylation sites (tertiary alicyclic amines) is 1. The summed E-state index contributed by atoms with van der Waals surface area (Å²) in [7, 11) is 3.37. The average molecular weight is 449 g/mol. The topological polar surface area (TPSA) is 42.0 Å². The number of hydrogen-bond acceptors (Lipinski definition) is 4. The second-order valence-electron chi connectivity index (χ2n) is 8.60. The number of unbranched alkanes of at least 4 members (excludes halogenated alkanes) is 1. The molecule has 1 amide bonds. The molecular weight excluding hydrogens is 412 g/mol. The lowest BCUT2D eigenvalue weighted by Crippen LogP contribution is -2.58. The first-order valence-corrected chi connectivity index (χ1v) is 12.0. The number of likely N-dealkylation sites (N-methyl/N-ethyl adjacent to an activating group) is 1. The van der Waals surface area contributed by atoms with E-state index >= 15 is 0 Å². The number of ether oxygens (including phenoxy) is 2. The van der Waals surface area contributed by atoms with Gasteiger partial charge < -0.3 is 14.4 Å². The molecule has 5 nitrogen and oxygen atoms in total. The van der Waals surface area contributed by atoms with Gasteiger partial charge in [-0.15, -0.1) is 0 Å². The molecule has 0 aromatic heterocycles. The van der Waals surface area contributed by atoms with Gasteiger partial charge in [0.1, 0.15) is 5.75 Å². The Hall–Kier alpha value is -1.56. The summed E-state index contributed by atoms with van der Waals surface area (Å²) in [4.78, 5) is 18.0. The lowest BCUT2D eigenvalue weighted by molar-refractivity contribution is -0.134. The van der Waals surface area contributed by atoms with Crippen LogP contribution in [0.2, 0.25) is 5.02 Å². The number of hydrogen-bond donors (Lipinski definition) is 0. The highest BCUT2D eigenvalue weighted by Gasteiger charge is 2.37. The van der Waals surface area contributed by atoms with Crippen molar-refractivity contribution in [2.75, 3.05) is 40.5 Å². The number of nitrogens with zero attached hydrogens (tertiary/aromatic N) is 2. The lowest BCUT2D eigenvalue weighted by atomic mass is 9.84. The smallest absolute Gasteiger partial charge is 0.227 e. The van der Waals surface area contributed by atoms with E-state index in [-0.39, 0.29) is 11.9 Å². The fraction of sp³-hybridized carbons (Fsp3) is 0.640. The van der Waals surface area contributed by atoms with Gasteiger partial charge in [0, 0.05) is 26.3 Å². The van der Waals surface area contributed by atoms with Crippen molar-refractivity contribution in [1.29, 1.82) is 0 Å². The second kappa shape index (κ2) is 11.9. The molecule has 0 spiro atoms. The van der Waals surface area contributed by atoms with Crippen LogP contribution in [-0.2, 0) is 16.0 Å². The highest BCUT2D eigenvalue weighted by atomic mass is 35.5. The molecule has 1 aromatic rings. The summed E-state index contributed by atoms with van der Waals surface area (Å²) >= 11 is 6.15. The van der Waals surface area contributed by atoms with Crippen molar-refractivity contribution >= 4 is 17.5 Å². The minimum absolute atomic E-state index is 0.180. The number of amides is 1. The number of carbonyl (C=O) groups excluding carboxylic acids is 1. The van der Waals surface area contributed by atoms with Gasteiger partial charge in [0.05, 0.1) is 24.6 Å². The summed E-state index contributed by atoms with van der Waals surface area (Å²) < 4.78 is 10.5. The Morgan fingerprint density at radius 3 is 2.71 bits per heavy atom. The zero-order valence-electron chi connectivity index (χ0n) is 19.2. The number of benzene rings is 1. The number of rotatable bonds is 11. The van der Waals surface area contributed by atoms with Crippen molar-refractivity contribution in [3.63, 3.8) is 0 Å². The maximum absolute atomic E-state index is 13.3. The highest BCUT2D eigenvalue weighted by molar-refractivity contribution is 6.32. The van der Waals surface area contributed by atoms with Gasteiger partial charge in [-0.1, -0.05) is 29.3 Å². The van der Waals surface area contributed by atoms with Crippen LogP contribution in [0.4, 0.5) is 0 Å². The molecule has 2 unspecified atom stereocenters. The van der Waals surface area contributed by atoms with Crippen LogP contribution in [0.1, 0.15) is 51.0 Å². The van der Waals surface area contributed by atoms with Crippen molar-refractivity contribution in [2.24, 2.45) is 0 Å². The zero-order chi connectivity index (χ0) is 22.2. The normalized spacial score (nSPS) is 21.4. The summed E-state index contributed by atoms with van der Waals surface area (Å²) in [6.07, 6.45) is 9.49. The maximum Gasteiger partial charge on any atom is 0.227 e. The first kappa shape index (κ1) is 24.1. The molecule has 0 radical (unpaired) electrons. The number of carbonyl (C=O) groups is 1. The van der Waals surface area contributed by atoms with Crippen LogP contribution in [0.5, 0.6) is 5.75 Å². The van der Waals surface area contributed by atoms with Crippen LogP contribution in [0, 0.1) is 0 Å². The molecule has 31 heavy (non-hydrogen) atoms. The van der Waals surface area contributed by atoms with Gasteiger partial charge >= 0.3 is 0 Å². The third-order valence-corrected chi connectivity index (χ3v) is 6.96. The third-order valence-electron chi connectivity index (χ3n) is 6.65. The van der Waals surface area contributed by atoms with Gasteiger partial charge in [-0.25, -0.2) is 0 Å². The maximum atomic E-state index is 13.3. The Morgan fingerprint density at radius 2 is 2.06 bits per heavy atom. The van der Waals surface area contributed by atoms with E-state index in [1.54, 1.807) is 25.9 Å². The van der Waals surface area contributed by atoms with Crippen LogP contribution in [-0.4, -0.2) is 68.3 Å². The molecule has 1 saturated heterocycles. The fourth-order valence-electron chi connectivity index (χ4n) is 4.80. The molecule has 3 rings (SSSR count). The molecule has 6 heteroatoms. The first-order valence-electron chi connectivity index (χ1n) is 11.6. The van der Waals surface area contributed by atoms with E-state index < -0.39 is 0 Å². The second-order valence-corrected chi connectivity index (χ2v) is 9.01. The van der Waals surface area contributed by atoms with Crippen LogP contribution < -0.4 is 4.74 Å². The molecule has 0 N–H and O–H groups in total. The summed E-state index contributed by atoms with van der Waals surface area (Å²) in [5.74, 6) is 0.798. The van der Waals surface area contributed by atoms with Crippen molar-refractivity contribution in [3.8, 4) is 5.75 Å². The molecule has 172 valence electrons. The Bertz CT molecular complexity index is 763. The van der Waals surface area contributed by atoms with Crippen molar-refractivity contribution < 1.29 is 14.3 Å². The third kappa shape index (κ3) is 6.24. The summed E-state index contributed by atoms with van der Waals surface area (Å²) in [6, 6.07) is 6.28. The van der Waals surface area contributed by atoms with Crippen molar-refractivity contribution in [2.45, 2.75) is 64.0 Å². The van der Waals surface area contributed by atoms with Gasteiger partial charge in [-0.2, -0.15) is 0 Å². The predicted molar refractivity (Wildman–Crippen MR) is 126 cm³/mol. The lowest BCUT2D eigenvalue weighted by Gasteiger charge is -2.48. The SMILES string of the molecule is CCN(C(=O)Cc1ccc(Cl)c(OC)c1)C1CC=C(CCCCOC)CC1N1CCC1. The fourth-order valence-corrected chi connectivity index (χ4v) is 5.00. The van der Waals surface area contributed by atoms with E-state index in [1.165, 1.54) is 12.8 Å². The van der Waals surface area contributed by atoms with E-state index in [2.05, 4.69) is 22.8 Å². The first-order chi connectivity index (χ1) is 15.1. The van der Waals surface area contributed by atoms with Gasteiger partial charge in [0.25, 0.3) is 0 Å². The summed E-state index contributed by atoms with van der Waals surface area (Å²) in [6.45, 7) is 5.96. The monoisotopic (exact) mass is 448 g/mol. The Labute approximate surface area is 192 Å². The standard InChI is InChI=1S/C25H37ClN2O3/c1-4-28(25(29)18-20-9-11-21(26)24(17-20)31-3)22-12-10-19(8-5-6-15-30-2)16-23(22)27-13-7-14-27/h9-11,17,22-23H,4-8,12-16,18H2,1-3H3. The van der Waals surface area contributed by atoms with Crippen molar-refractivity contribution in [3.05, 3.63) is 40.4 Å².